The van der Waals surface area contributed by atoms with E-state index in [9.17, 15) is 8.78 Å². The van der Waals surface area contributed by atoms with Crippen LogP contribution in [0, 0.1) is 24.5 Å². The predicted octanol–water partition coefficient (Wildman–Crippen LogP) is 4.75. The zero-order valence-corrected chi connectivity index (χ0v) is 12.4. The molecule has 0 saturated heterocycles. The van der Waals surface area contributed by atoms with E-state index in [0.717, 1.165) is 25.8 Å². The van der Waals surface area contributed by atoms with Gasteiger partial charge in [0.15, 0.2) is 0 Å². The Bertz CT molecular complexity index is 400. The van der Waals surface area contributed by atoms with Crippen molar-refractivity contribution in [1.29, 1.82) is 0 Å². The van der Waals surface area contributed by atoms with Crippen LogP contribution in [0.3, 0.4) is 0 Å². The molecular weight excluding hydrogens is 244 g/mol. The first-order chi connectivity index (χ1) is 9.04. The molecule has 0 aliphatic carbocycles. The minimum Gasteiger partial charge on any atom is -0.310 e. The molecule has 0 bridgehead atoms. The Balaban J connectivity index is 3.12. The molecule has 1 N–H and O–H groups in total. The summed E-state index contributed by atoms with van der Waals surface area (Å²) in [6.07, 6.45) is 2.88. The Kier molecular flexibility index (Phi) is 6.43. The summed E-state index contributed by atoms with van der Waals surface area (Å²) < 4.78 is 27.9. The SMILES string of the molecule is CCCNC(c1cc(F)c(C)cc1F)C(CC)CC. The largest absolute Gasteiger partial charge is 0.310 e. The molecule has 1 aromatic rings. The summed E-state index contributed by atoms with van der Waals surface area (Å²) >= 11 is 0. The van der Waals surface area contributed by atoms with Gasteiger partial charge in [-0.05, 0) is 43.5 Å². The van der Waals surface area contributed by atoms with Gasteiger partial charge in [-0.1, -0.05) is 33.6 Å². The Labute approximate surface area is 115 Å². The van der Waals surface area contributed by atoms with Gasteiger partial charge in [0.2, 0.25) is 0 Å². The van der Waals surface area contributed by atoms with Crippen molar-refractivity contribution in [2.45, 2.75) is 53.0 Å². The normalized spacial score (nSPS) is 13.0. The van der Waals surface area contributed by atoms with Crippen LogP contribution in [0.2, 0.25) is 0 Å². The van der Waals surface area contributed by atoms with Crippen molar-refractivity contribution in [3.8, 4) is 0 Å². The molecule has 0 radical (unpaired) electrons. The number of rotatable bonds is 7. The first kappa shape index (κ1) is 16.1. The summed E-state index contributed by atoms with van der Waals surface area (Å²) in [5.74, 6) is -0.312. The van der Waals surface area contributed by atoms with Crippen molar-refractivity contribution in [3.05, 3.63) is 34.9 Å². The molecule has 1 rings (SSSR count). The highest BCUT2D eigenvalue weighted by Gasteiger charge is 2.23. The number of hydrogen-bond donors (Lipinski definition) is 1. The molecule has 0 aliphatic rings. The summed E-state index contributed by atoms with van der Waals surface area (Å²) in [5.41, 5.74) is 0.824. The van der Waals surface area contributed by atoms with Crippen molar-refractivity contribution in [2.75, 3.05) is 6.54 Å². The van der Waals surface area contributed by atoms with E-state index in [2.05, 4.69) is 26.1 Å². The quantitative estimate of drug-likeness (QED) is 0.753. The minimum atomic E-state index is -0.328. The van der Waals surface area contributed by atoms with E-state index >= 15 is 0 Å². The van der Waals surface area contributed by atoms with E-state index in [-0.39, 0.29) is 17.7 Å². The molecular formula is C16H25F2N. The fourth-order valence-corrected chi connectivity index (χ4v) is 2.49. The van der Waals surface area contributed by atoms with E-state index < -0.39 is 0 Å². The lowest BCUT2D eigenvalue weighted by molar-refractivity contribution is 0.331. The Morgan fingerprint density at radius 1 is 1.05 bits per heavy atom. The molecule has 0 saturated carbocycles. The smallest absolute Gasteiger partial charge is 0.128 e. The molecule has 0 fully saturated rings. The van der Waals surface area contributed by atoms with Gasteiger partial charge >= 0.3 is 0 Å². The topological polar surface area (TPSA) is 12.0 Å². The number of hydrogen-bond acceptors (Lipinski definition) is 1. The highest BCUT2D eigenvalue weighted by molar-refractivity contribution is 5.28. The third-order valence-corrected chi connectivity index (χ3v) is 3.75. The third-order valence-electron chi connectivity index (χ3n) is 3.75. The monoisotopic (exact) mass is 269 g/mol. The van der Waals surface area contributed by atoms with Gasteiger partial charge in [-0.25, -0.2) is 8.78 Å². The van der Waals surface area contributed by atoms with Gasteiger partial charge in [0.25, 0.3) is 0 Å². The van der Waals surface area contributed by atoms with Gasteiger partial charge in [-0.3, -0.25) is 0 Å². The second kappa shape index (κ2) is 7.59. The van der Waals surface area contributed by atoms with Gasteiger partial charge in [-0.15, -0.1) is 0 Å². The summed E-state index contributed by atoms with van der Waals surface area (Å²) in [6, 6.07) is 2.55. The fraction of sp³-hybridized carbons (Fsp3) is 0.625. The Morgan fingerprint density at radius 2 is 1.68 bits per heavy atom. The number of benzene rings is 1. The molecule has 1 nitrogen and oxygen atoms in total. The molecule has 0 aliphatic heterocycles. The van der Waals surface area contributed by atoms with E-state index in [0.29, 0.717) is 17.0 Å². The highest BCUT2D eigenvalue weighted by atomic mass is 19.1. The summed E-state index contributed by atoms with van der Waals surface area (Å²) in [4.78, 5) is 0. The van der Waals surface area contributed by atoms with Gasteiger partial charge in [-0.2, -0.15) is 0 Å². The molecule has 19 heavy (non-hydrogen) atoms. The van der Waals surface area contributed by atoms with Crippen molar-refractivity contribution in [1.82, 2.24) is 5.32 Å². The molecule has 0 aromatic heterocycles. The van der Waals surface area contributed by atoms with Crippen LogP contribution >= 0.6 is 0 Å². The van der Waals surface area contributed by atoms with Crippen LogP contribution in [-0.2, 0) is 0 Å². The maximum Gasteiger partial charge on any atom is 0.128 e. The molecule has 1 aromatic carbocycles. The molecule has 0 heterocycles. The van der Waals surface area contributed by atoms with E-state index in [1.165, 1.54) is 12.1 Å². The third kappa shape index (κ3) is 4.00. The summed E-state index contributed by atoms with van der Waals surface area (Å²) in [7, 11) is 0. The average molecular weight is 269 g/mol. The van der Waals surface area contributed by atoms with Gasteiger partial charge in [0.05, 0.1) is 0 Å². The highest BCUT2D eigenvalue weighted by Crippen LogP contribution is 2.30. The predicted molar refractivity (Wildman–Crippen MR) is 76.2 cm³/mol. The van der Waals surface area contributed by atoms with Crippen molar-refractivity contribution >= 4 is 0 Å². The molecule has 1 unspecified atom stereocenters. The van der Waals surface area contributed by atoms with Gasteiger partial charge in [0, 0.05) is 11.6 Å². The lowest BCUT2D eigenvalue weighted by Crippen LogP contribution is -2.29. The van der Waals surface area contributed by atoms with Crippen LogP contribution in [-0.4, -0.2) is 6.54 Å². The van der Waals surface area contributed by atoms with Gasteiger partial charge in [0.1, 0.15) is 11.6 Å². The lowest BCUT2D eigenvalue weighted by atomic mass is 9.88. The standard InChI is InChI=1S/C16H25F2N/c1-5-8-19-16(12(6-2)7-3)13-10-14(17)11(4)9-15(13)18/h9-10,12,16,19H,5-8H2,1-4H3. The minimum absolute atomic E-state index is 0.106. The molecule has 1 atom stereocenters. The number of halogens is 2. The fourth-order valence-electron chi connectivity index (χ4n) is 2.49. The molecule has 0 spiro atoms. The molecule has 108 valence electrons. The Hall–Kier alpha value is -0.960. The lowest BCUT2D eigenvalue weighted by Gasteiger charge is -2.27. The number of nitrogens with one attached hydrogen (secondary N) is 1. The van der Waals surface area contributed by atoms with Crippen LogP contribution in [0.15, 0.2) is 12.1 Å². The van der Waals surface area contributed by atoms with Crippen LogP contribution in [0.5, 0.6) is 0 Å². The van der Waals surface area contributed by atoms with Crippen molar-refractivity contribution < 1.29 is 8.78 Å². The second-order valence-corrected chi connectivity index (χ2v) is 5.13. The zero-order chi connectivity index (χ0) is 14.4. The van der Waals surface area contributed by atoms with E-state index in [1.807, 2.05) is 0 Å². The summed E-state index contributed by atoms with van der Waals surface area (Å²) in [5, 5.41) is 3.37. The van der Waals surface area contributed by atoms with Crippen molar-refractivity contribution in [2.24, 2.45) is 5.92 Å². The van der Waals surface area contributed by atoms with Crippen LogP contribution in [0.25, 0.3) is 0 Å². The zero-order valence-electron chi connectivity index (χ0n) is 12.4. The maximum absolute atomic E-state index is 14.1. The van der Waals surface area contributed by atoms with Crippen LogP contribution in [0.1, 0.15) is 57.2 Å². The van der Waals surface area contributed by atoms with E-state index in [4.69, 9.17) is 0 Å². The Morgan fingerprint density at radius 3 is 2.21 bits per heavy atom. The van der Waals surface area contributed by atoms with E-state index in [1.54, 1.807) is 6.92 Å². The molecule has 0 amide bonds. The van der Waals surface area contributed by atoms with Crippen LogP contribution < -0.4 is 5.32 Å². The average Bonchev–Trinajstić information content (AvgIpc) is 2.39. The maximum atomic E-state index is 14.1. The number of aryl methyl sites for hydroxylation is 1. The summed E-state index contributed by atoms with van der Waals surface area (Å²) in [6.45, 7) is 8.67. The molecule has 3 heteroatoms. The second-order valence-electron chi connectivity index (χ2n) is 5.13. The van der Waals surface area contributed by atoms with Crippen LogP contribution in [0.4, 0.5) is 8.78 Å². The first-order valence-electron chi connectivity index (χ1n) is 7.23. The van der Waals surface area contributed by atoms with Gasteiger partial charge < -0.3 is 5.32 Å². The van der Waals surface area contributed by atoms with Crippen molar-refractivity contribution in [3.63, 3.8) is 0 Å². The first-order valence-corrected chi connectivity index (χ1v) is 7.23.